The molecule has 0 aliphatic heterocycles. The molecule has 1 aromatic carbocycles. The molecule has 18 heavy (non-hydrogen) atoms. The summed E-state index contributed by atoms with van der Waals surface area (Å²) in [5, 5.41) is 4.30. The van der Waals surface area contributed by atoms with E-state index in [1.807, 2.05) is 32.3 Å². The van der Waals surface area contributed by atoms with Gasteiger partial charge in [0.25, 0.3) is 0 Å². The largest absolute Gasteiger partial charge is 0.325 e. The first-order valence-corrected chi connectivity index (χ1v) is 5.97. The van der Waals surface area contributed by atoms with Gasteiger partial charge < -0.3 is 5.73 Å². The second-order valence-electron chi connectivity index (χ2n) is 5.08. The van der Waals surface area contributed by atoms with Crippen molar-refractivity contribution >= 4 is 0 Å². The minimum absolute atomic E-state index is 0.199. The Bertz CT molecular complexity index is 531. The summed E-state index contributed by atoms with van der Waals surface area (Å²) >= 11 is 0. The molecular formula is C14H18FN3. The number of hydrogen-bond acceptors (Lipinski definition) is 2. The maximum Gasteiger partial charge on any atom is 0.126 e. The van der Waals surface area contributed by atoms with Crippen LogP contribution in [0, 0.1) is 5.82 Å². The van der Waals surface area contributed by atoms with E-state index in [0.29, 0.717) is 18.4 Å². The van der Waals surface area contributed by atoms with E-state index in [4.69, 9.17) is 5.73 Å². The molecule has 96 valence electrons. The quantitative estimate of drug-likeness (QED) is 0.898. The Balaban J connectivity index is 2.10. The van der Waals surface area contributed by atoms with E-state index in [1.54, 1.807) is 16.8 Å². The number of aromatic nitrogens is 2. The van der Waals surface area contributed by atoms with Crippen molar-refractivity contribution in [1.29, 1.82) is 0 Å². The van der Waals surface area contributed by atoms with Crippen molar-refractivity contribution < 1.29 is 4.39 Å². The van der Waals surface area contributed by atoms with E-state index in [-0.39, 0.29) is 5.82 Å². The van der Waals surface area contributed by atoms with Gasteiger partial charge in [0, 0.05) is 25.2 Å². The lowest BCUT2D eigenvalue weighted by Gasteiger charge is -2.24. The second-order valence-corrected chi connectivity index (χ2v) is 5.08. The predicted octanol–water partition coefficient (Wildman–Crippen LogP) is 2.06. The third-order valence-corrected chi connectivity index (χ3v) is 2.91. The van der Waals surface area contributed by atoms with E-state index >= 15 is 0 Å². The third-order valence-electron chi connectivity index (χ3n) is 2.91. The zero-order valence-corrected chi connectivity index (χ0v) is 10.7. The van der Waals surface area contributed by atoms with Gasteiger partial charge in [-0.1, -0.05) is 18.2 Å². The fraction of sp³-hybridized carbons (Fsp3) is 0.357. The molecule has 0 spiro atoms. The smallest absolute Gasteiger partial charge is 0.126 e. The molecule has 2 aromatic rings. The van der Waals surface area contributed by atoms with Crippen LogP contribution >= 0.6 is 0 Å². The number of halogens is 1. The monoisotopic (exact) mass is 247 g/mol. The average molecular weight is 247 g/mol. The summed E-state index contributed by atoms with van der Waals surface area (Å²) in [4.78, 5) is 0. The summed E-state index contributed by atoms with van der Waals surface area (Å²) in [6.07, 6.45) is 3.01. The van der Waals surface area contributed by atoms with Gasteiger partial charge in [0.2, 0.25) is 0 Å². The molecular weight excluding hydrogens is 229 g/mol. The van der Waals surface area contributed by atoms with Gasteiger partial charge in [-0.25, -0.2) is 4.39 Å². The molecule has 2 rings (SSSR count). The molecule has 0 radical (unpaired) electrons. The van der Waals surface area contributed by atoms with E-state index in [1.165, 1.54) is 6.07 Å². The van der Waals surface area contributed by atoms with Crippen molar-refractivity contribution in [3.8, 4) is 0 Å². The van der Waals surface area contributed by atoms with Crippen LogP contribution in [0.1, 0.15) is 18.2 Å². The number of hydrogen-bond donors (Lipinski definition) is 1. The highest BCUT2D eigenvalue weighted by molar-refractivity contribution is 5.20. The van der Waals surface area contributed by atoms with E-state index in [0.717, 1.165) is 5.69 Å². The highest BCUT2D eigenvalue weighted by Gasteiger charge is 2.22. The van der Waals surface area contributed by atoms with Gasteiger partial charge >= 0.3 is 0 Å². The van der Waals surface area contributed by atoms with E-state index in [9.17, 15) is 4.39 Å². The molecule has 1 heterocycles. The van der Waals surface area contributed by atoms with Crippen LogP contribution < -0.4 is 5.73 Å². The summed E-state index contributed by atoms with van der Waals surface area (Å²) < 4.78 is 15.3. The molecule has 4 heteroatoms. The van der Waals surface area contributed by atoms with Crippen LogP contribution in [0.25, 0.3) is 0 Å². The maximum absolute atomic E-state index is 13.6. The first kappa shape index (κ1) is 12.8. The van der Waals surface area contributed by atoms with Crippen LogP contribution in [0.3, 0.4) is 0 Å². The predicted molar refractivity (Wildman–Crippen MR) is 69.6 cm³/mol. The summed E-state index contributed by atoms with van der Waals surface area (Å²) in [6, 6.07) is 8.69. The molecule has 0 fully saturated rings. The van der Waals surface area contributed by atoms with Crippen LogP contribution in [0.4, 0.5) is 4.39 Å². The molecule has 1 atom stereocenters. The third kappa shape index (κ3) is 3.17. The fourth-order valence-electron chi connectivity index (χ4n) is 2.11. The highest BCUT2D eigenvalue weighted by Crippen LogP contribution is 2.17. The Labute approximate surface area is 106 Å². The number of nitrogens with two attached hydrogens (primary N) is 1. The van der Waals surface area contributed by atoms with Crippen molar-refractivity contribution in [3.63, 3.8) is 0 Å². The minimum Gasteiger partial charge on any atom is -0.325 e. The van der Waals surface area contributed by atoms with Crippen LogP contribution in [-0.4, -0.2) is 15.3 Å². The highest BCUT2D eigenvalue weighted by atomic mass is 19.1. The van der Waals surface area contributed by atoms with Gasteiger partial charge in [-0.15, -0.1) is 0 Å². The van der Waals surface area contributed by atoms with Crippen LogP contribution in [-0.2, 0) is 19.9 Å². The SMILES string of the molecule is Cn1ccc(CC(C)(N)Cc2ccccc2F)n1. The molecule has 0 saturated heterocycles. The van der Waals surface area contributed by atoms with Crippen LogP contribution in [0.15, 0.2) is 36.5 Å². The Morgan fingerprint density at radius 2 is 2.00 bits per heavy atom. The summed E-state index contributed by atoms with van der Waals surface area (Å²) in [7, 11) is 1.87. The second kappa shape index (κ2) is 4.90. The van der Waals surface area contributed by atoms with E-state index in [2.05, 4.69) is 5.10 Å². The topological polar surface area (TPSA) is 43.8 Å². The molecule has 1 unspecified atom stereocenters. The average Bonchev–Trinajstić information content (AvgIpc) is 2.66. The number of benzene rings is 1. The van der Waals surface area contributed by atoms with Crippen molar-refractivity contribution in [3.05, 3.63) is 53.6 Å². The number of aryl methyl sites for hydroxylation is 1. The summed E-state index contributed by atoms with van der Waals surface area (Å²) in [5.74, 6) is -0.199. The Morgan fingerprint density at radius 3 is 2.61 bits per heavy atom. The molecule has 2 N–H and O–H groups in total. The van der Waals surface area contributed by atoms with Crippen LogP contribution in [0.2, 0.25) is 0 Å². The summed E-state index contributed by atoms with van der Waals surface area (Å²) in [5.41, 5.74) is 7.32. The van der Waals surface area contributed by atoms with Crippen molar-refractivity contribution in [1.82, 2.24) is 9.78 Å². The maximum atomic E-state index is 13.6. The first-order chi connectivity index (χ1) is 8.46. The Kier molecular flexibility index (Phi) is 3.48. The molecule has 1 aromatic heterocycles. The number of rotatable bonds is 4. The van der Waals surface area contributed by atoms with Gasteiger partial charge in [0.15, 0.2) is 0 Å². The Hall–Kier alpha value is -1.68. The van der Waals surface area contributed by atoms with Crippen molar-refractivity contribution in [2.75, 3.05) is 0 Å². The van der Waals surface area contributed by atoms with Crippen molar-refractivity contribution in [2.24, 2.45) is 12.8 Å². The first-order valence-electron chi connectivity index (χ1n) is 5.97. The standard InChI is InChI=1S/C14H18FN3/c1-14(16,10-12-7-8-18(2)17-12)9-11-5-3-4-6-13(11)15/h3-8H,9-10,16H2,1-2H3. The Morgan fingerprint density at radius 1 is 1.28 bits per heavy atom. The molecule has 0 aliphatic rings. The fourth-order valence-corrected chi connectivity index (χ4v) is 2.11. The summed E-state index contributed by atoms with van der Waals surface area (Å²) in [6.45, 7) is 1.92. The van der Waals surface area contributed by atoms with Gasteiger partial charge in [-0.2, -0.15) is 5.10 Å². The molecule has 0 amide bonds. The lowest BCUT2D eigenvalue weighted by Crippen LogP contribution is -2.41. The van der Waals surface area contributed by atoms with Gasteiger partial charge in [-0.3, -0.25) is 4.68 Å². The minimum atomic E-state index is -0.503. The molecule has 3 nitrogen and oxygen atoms in total. The number of nitrogens with zero attached hydrogens (tertiary/aromatic N) is 2. The van der Waals surface area contributed by atoms with Gasteiger partial charge in [-0.05, 0) is 31.0 Å². The lowest BCUT2D eigenvalue weighted by molar-refractivity contribution is 0.444. The molecule has 0 aliphatic carbocycles. The lowest BCUT2D eigenvalue weighted by atomic mass is 9.89. The molecule has 0 bridgehead atoms. The zero-order valence-electron chi connectivity index (χ0n) is 10.7. The van der Waals surface area contributed by atoms with Crippen molar-refractivity contribution in [2.45, 2.75) is 25.3 Å². The zero-order chi connectivity index (χ0) is 13.2. The van der Waals surface area contributed by atoms with Crippen LogP contribution in [0.5, 0.6) is 0 Å². The van der Waals surface area contributed by atoms with E-state index < -0.39 is 5.54 Å². The molecule has 0 saturated carbocycles. The van der Waals surface area contributed by atoms with Gasteiger partial charge in [0.1, 0.15) is 5.82 Å². The normalized spacial score (nSPS) is 14.4. The van der Waals surface area contributed by atoms with Gasteiger partial charge in [0.05, 0.1) is 5.69 Å².